The zero-order chi connectivity index (χ0) is 23.4. The van der Waals surface area contributed by atoms with E-state index in [0.717, 1.165) is 53.0 Å². The van der Waals surface area contributed by atoms with Crippen molar-refractivity contribution in [2.24, 2.45) is 5.92 Å². The van der Waals surface area contributed by atoms with Gasteiger partial charge < -0.3 is 14.4 Å². The van der Waals surface area contributed by atoms with Gasteiger partial charge in [0.15, 0.2) is 17.3 Å². The van der Waals surface area contributed by atoms with E-state index in [1.807, 2.05) is 10.6 Å². The molecule has 1 aromatic carbocycles. The van der Waals surface area contributed by atoms with Gasteiger partial charge in [-0.2, -0.15) is 5.10 Å². The topological polar surface area (TPSA) is 93.0 Å². The van der Waals surface area contributed by atoms with Crippen LogP contribution in [0, 0.1) is 17.6 Å². The highest BCUT2D eigenvalue weighted by Crippen LogP contribution is 2.47. The lowest BCUT2D eigenvalue weighted by Crippen LogP contribution is -2.19. The van der Waals surface area contributed by atoms with Crippen LogP contribution in [0.3, 0.4) is 0 Å². The van der Waals surface area contributed by atoms with Crippen molar-refractivity contribution in [2.45, 2.75) is 43.9 Å². The summed E-state index contributed by atoms with van der Waals surface area (Å²) < 4.78 is 35.8. The first-order chi connectivity index (χ1) is 16.5. The minimum Gasteiger partial charge on any atom is -0.481 e. The predicted octanol–water partition coefficient (Wildman–Crippen LogP) is 5.04. The number of H-pyrrole nitrogens is 1. The fourth-order valence-corrected chi connectivity index (χ4v) is 5.76. The van der Waals surface area contributed by atoms with E-state index < -0.39 is 23.5 Å². The third-order valence-corrected chi connectivity index (χ3v) is 7.38. The van der Waals surface area contributed by atoms with E-state index in [1.165, 1.54) is 6.07 Å². The van der Waals surface area contributed by atoms with Crippen LogP contribution in [0.25, 0.3) is 27.8 Å². The number of halogens is 2. The third kappa shape index (κ3) is 3.37. The van der Waals surface area contributed by atoms with Gasteiger partial charge in [-0.15, -0.1) is 0 Å². The third-order valence-electron chi connectivity index (χ3n) is 7.38. The molecule has 1 aliphatic carbocycles. The molecule has 9 heteroatoms. The lowest BCUT2D eigenvalue weighted by Gasteiger charge is -2.27. The molecule has 1 unspecified atom stereocenters. The minimum absolute atomic E-state index is 0.0147. The Hall–Kier alpha value is -3.33. The van der Waals surface area contributed by atoms with E-state index in [9.17, 15) is 18.7 Å². The van der Waals surface area contributed by atoms with Crippen LogP contribution in [0.4, 0.5) is 8.78 Å². The van der Waals surface area contributed by atoms with Crippen molar-refractivity contribution in [3.8, 4) is 5.69 Å². The average molecular weight is 466 g/mol. The van der Waals surface area contributed by atoms with E-state index in [2.05, 4.69) is 10.2 Å². The van der Waals surface area contributed by atoms with Crippen molar-refractivity contribution in [1.82, 2.24) is 19.7 Å². The highest BCUT2D eigenvalue weighted by molar-refractivity contribution is 5.93. The molecule has 2 N–H and O–H groups in total. The Balaban J connectivity index is 1.66. The number of carboxylic acid groups (broad SMARTS) is 1. The number of hydrogen-bond donors (Lipinski definition) is 2. The number of benzene rings is 1. The summed E-state index contributed by atoms with van der Waals surface area (Å²) in [6.07, 6.45) is 5.16. The zero-order valence-corrected chi connectivity index (χ0v) is 18.4. The summed E-state index contributed by atoms with van der Waals surface area (Å²) in [4.78, 5) is 16.6. The molecule has 34 heavy (non-hydrogen) atoms. The molecule has 1 saturated carbocycles. The van der Waals surface area contributed by atoms with Crippen LogP contribution in [0.15, 0.2) is 30.5 Å². The average Bonchev–Trinajstić information content (AvgIpc) is 3.56. The number of aliphatic carboxylic acids is 1. The van der Waals surface area contributed by atoms with Crippen molar-refractivity contribution in [2.75, 3.05) is 13.2 Å². The zero-order valence-electron chi connectivity index (χ0n) is 18.4. The van der Waals surface area contributed by atoms with Crippen molar-refractivity contribution in [1.29, 1.82) is 0 Å². The molecular weight excluding hydrogens is 442 g/mol. The molecule has 2 aliphatic rings. The normalized spacial score (nSPS) is 21.6. The Labute approximate surface area is 193 Å². The molecule has 176 valence electrons. The van der Waals surface area contributed by atoms with Gasteiger partial charge in [0.05, 0.1) is 23.1 Å². The molecule has 2 atom stereocenters. The molecule has 0 amide bonds. The van der Waals surface area contributed by atoms with Gasteiger partial charge in [-0.05, 0) is 56.2 Å². The van der Waals surface area contributed by atoms with Crippen LogP contribution in [-0.4, -0.2) is 44.0 Å². The van der Waals surface area contributed by atoms with Gasteiger partial charge in [-0.3, -0.25) is 9.89 Å². The molecule has 0 radical (unpaired) electrons. The SMILES string of the molecule is O=C(O)C1CC[C@@H](c2c(C3CCOCC3)n(-c3ccc(F)c(F)c3)c3cc4cn[nH]c4nc23)C1. The van der Waals surface area contributed by atoms with E-state index in [-0.39, 0.29) is 11.8 Å². The van der Waals surface area contributed by atoms with Crippen LogP contribution in [0.1, 0.15) is 55.2 Å². The second-order valence-electron chi connectivity index (χ2n) is 9.33. The van der Waals surface area contributed by atoms with Gasteiger partial charge >= 0.3 is 5.97 Å². The van der Waals surface area contributed by atoms with Gasteiger partial charge in [0.2, 0.25) is 0 Å². The highest BCUT2D eigenvalue weighted by Gasteiger charge is 2.37. The van der Waals surface area contributed by atoms with E-state index in [1.54, 1.807) is 12.3 Å². The fourth-order valence-electron chi connectivity index (χ4n) is 5.76. The number of nitrogens with one attached hydrogen (secondary N) is 1. The first-order valence-electron chi connectivity index (χ1n) is 11.7. The van der Waals surface area contributed by atoms with Gasteiger partial charge in [0.1, 0.15) is 0 Å². The first-order valence-corrected chi connectivity index (χ1v) is 11.7. The molecular formula is C25H24F2N4O3. The molecule has 4 aromatic rings. The summed E-state index contributed by atoms with van der Waals surface area (Å²) in [5.74, 6) is -2.84. The molecule has 1 saturated heterocycles. The molecule has 3 aromatic heterocycles. The van der Waals surface area contributed by atoms with E-state index in [0.29, 0.717) is 37.4 Å². The number of pyridine rings is 1. The lowest BCUT2D eigenvalue weighted by atomic mass is 9.87. The maximum atomic E-state index is 14.4. The van der Waals surface area contributed by atoms with Crippen molar-refractivity contribution in [3.63, 3.8) is 0 Å². The summed E-state index contributed by atoms with van der Waals surface area (Å²) in [5, 5.41) is 17.5. The fraction of sp³-hybridized carbons (Fsp3) is 0.400. The van der Waals surface area contributed by atoms with Crippen LogP contribution < -0.4 is 0 Å². The van der Waals surface area contributed by atoms with Crippen LogP contribution in [0.2, 0.25) is 0 Å². The molecule has 7 nitrogen and oxygen atoms in total. The number of nitrogens with zero attached hydrogens (tertiary/aromatic N) is 3. The monoisotopic (exact) mass is 466 g/mol. The Morgan fingerprint density at radius 3 is 2.65 bits per heavy atom. The highest BCUT2D eigenvalue weighted by atomic mass is 19.2. The van der Waals surface area contributed by atoms with Gasteiger partial charge in [-0.25, -0.2) is 13.8 Å². The summed E-state index contributed by atoms with van der Waals surface area (Å²) in [6.45, 7) is 1.23. The maximum absolute atomic E-state index is 14.4. The Morgan fingerprint density at radius 1 is 1.09 bits per heavy atom. The smallest absolute Gasteiger partial charge is 0.306 e. The van der Waals surface area contributed by atoms with Gasteiger partial charge in [0.25, 0.3) is 0 Å². The summed E-state index contributed by atoms with van der Waals surface area (Å²) in [6, 6.07) is 5.91. The van der Waals surface area contributed by atoms with Crippen LogP contribution in [-0.2, 0) is 9.53 Å². The van der Waals surface area contributed by atoms with Crippen molar-refractivity contribution < 1.29 is 23.4 Å². The molecule has 4 heterocycles. The van der Waals surface area contributed by atoms with Crippen LogP contribution >= 0.6 is 0 Å². The molecule has 1 aliphatic heterocycles. The molecule has 0 bridgehead atoms. The van der Waals surface area contributed by atoms with E-state index in [4.69, 9.17) is 9.72 Å². The number of aromatic nitrogens is 4. The maximum Gasteiger partial charge on any atom is 0.306 e. The first kappa shape index (κ1) is 21.2. The van der Waals surface area contributed by atoms with Gasteiger partial charge in [-0.1, -0.05) is 0 Å². The summed E-state index contributed by atoms with van der Waals surface area (Å²) in [7, 11) is 0. The predicted molar refractivity (Wildman–Crippen MR) is 121 cm³/mol. The number of carboxylic acids is 1. The number of rotatable bonds is 4. The standard InChI is InChI=1S/C25H24F2N4O3/c26-18-4-3-17(11-19(18)27)31-20-10-16-12-28-30-24(16)29-22(20)21(14-1-2-15(9-14)25(32)33)23(31)13-5-7-34-8-6-13/h3-4,10-15H,1-2,5-9H2,(H,32,33)(H,28,29,30)/t14-,15?/m1/s1. The number of aromatic amines is 1. The quantitative estimate of drug-likeness (QED) is 0.439. The Kier molecular flexibility index (Phi) is 5.09. The minimum atomic E-state index is -0.914. The number of ether oxygens (including phenoxy) is 1. The van der Waals surface area contributed by atoms with Crippen molar-refractivity contribution in [3.05, 3.63) is 53.4 Å². The van der Waals surface area contributed by atoms with Crippen LogP contribution in [0.5, 0.6) is 0 Å². The Morgan fingerprint density at radius 2 is 1.91 bits per heavy atom. The van der Waals surface area contributed by atoms with Crippen molar-refractivity contribution >= 4 is 28.0 Å². The Bertz CT molecular complexity index is 1410. The van der Waals surface area contributed by atoms with E-state index >= 15 is 0 Å². The number of hydrogen-bond acceptors (Lipinski definition) is 4. The lowest BCUT2D eigenvalue weighted by molar-refractivity contribution is -0.141. The summed E-state index contributed by atoms with van der Waals surface area (Å²) in [5.41, 5.74) is 4.74. The number of carbonyl (C=O) groups is 1. The number of fused-ring (bicyclic) bond motifs is 2. The largest absolute Gasteiger partial charge is 0.481 e. The second-order valence-corrected chi connectivity index (χ2v) is 9.33. The second kappa shape index (κ2) is 8.16. The summed E-state index contributed by atoms with van der Waals surface area (Å²) >= 11 is 0. The molecule has 6 rings (SSSR count). The molecule has 0 spiro atoms. The van der Waals surface area contributed by atoms with Gasteiger partial charge in [0, 0.05) is 47.5 Å². The molecule has 2 fully saturated rings.